The van der Waals surface area contributed by atoms with Gasteiger partial charge in [-0.15, -0.1) is 0 Å². The number of pyridine rings is 1. The van der Waals surface area contributed by atoms with E-state index in [4.69, 9.17) is 16.2 Å². The number of carbonyl (C=O) groups is 3. The standard InChI is InChI=1S/C16H15N3O4.C7H10N2/c17-15(21)14-5-13(6-18-8-14)10-23-16(22)19-7-11-1-3-12(9-20)4-2-11;1-9-7-5-3-2-4-6(7)8/h1-6,8-9H,7,10H2,(H2,17,21)(H,19,22);2-5,9H,8H2,1H3. The van der Waals surface area contributed by atoms with E-state index in [2.05, 4.69) is 15.6 Å². The predicted octanol–water partition coefficient (Wildman–Crippen LogP) is 2.73. The molecule has 0 fully saturated rings. The van der Waals surface area contributed by atoms with Crippen LogP contribution < -0.4 is 22.1 Å². The summed E-state index contributed by atoms with van der Waals surface area (Å²) in [5.41, 5.74) is 14.7. The normalized spacial score (nSPS) is 9.66. The SMILES string of the molecule is CNc1ccccc1N.NC(=O)c1cncc(COC(=O)NCc2ccc(C=O)cc2)c1. The summed E-state index contributed by atoms with van der Waals surface area (Å²) in [5, 5.41) is 5.55. The van der Waals surface area contributed by atoms with Gasteiger partial charge >= 0.3 is 6.09 Å². The van der Waals surface area contributed by atoms with Crippen LogP contribution in [-0.2, 0) is 17.9 Å². The number of rotatable bonds is 7. The maximum atomic E-state index is 11.6. The van der Waals surface area contributed by atoms with Gasteiger partial charge in [0.25, 0.3) is 0 Å². The second-order valence-corrected chi connectivity index (χ2v) is 6.57. The molecule has 3 aromatic rings. The number of hydrogen-bond acceptors (Lipinski definition) is 7. The van der Waals surface area contributed by atoms with Crippen molar-refractivity contribution in [3.63, 3.8) is 0 Å². The molecule has 9 heteroatoms. The monoisotopic (exact) mass is 435 g/mol. The van der Waals surface area contributed by atoms with E-state index in [-0.39, 0.29) is 18.7 Å². The van der Waals surface area contributed by atoms with E-state index in [0.29, 0.717) is 11.1 Å². The van der Waals surface area contributed by atoms with Gasteiger partial charge in [0, 0.05) is 37.1 Å². The lowest BCUT2D eigenvalue weighted by molar-refractivity contribution is 0.0999. The number of carbonyl (C=O) groups excluding carboxylic acids is 3. The smallest absolute Gasteiger partial charge is 0.407 e. The Morgan fingerprint density at radius 2 is 1.78 bits per heavy atom. The maximum Gasteiger partial charge on any atom is 0.407 e. The lowest BCUT2D eigenvalue weighted by atomic mass is 10.1. The van der Waals surface area contributed by atoms with Crippen molar-refractivity contribution in [2.45, 2.75) is 13.2 Å². The summed E-state index contributed by atoms with van der Waals surface area (Å²) in [6, 6.07) is 16.0. The number of anilines is 2. The Morgan fingerprint density at radius 3 is 2.38 bits per heavy atom. The summed E-state index contributed by atoms with van der Waals surface area (Å²) in [4.78, 5) is 37.1. The van der Waals surface area contributed by atoms with Gasteiger partial charge < -0.3 is 26.8 Å². The number of nitrogens with one attached hydrogen (secondary N) is 2. The molecule has 1 heterocycles. The van der Waals surface area contributed by atoms with Gasteiger partial charge in [0.2, 0.25) is 5.91 Å². The van der Waals surface area contributed by atoms with E-state index in [9.17, 15) is 14.4 Å². The number of alkyl carbamates (subject to hydrolysis) is 1. The van der Waals surface area contributed by atoms with Crippen LogP contribution in [0.25, 0.3) is 0 Å². The Morgan fingerprint density at radius 1 is 1.06 bits per heavy atom. The molecule has 0 aliphatic carbocycles. The van der Waals surface area contributed by atoms with Gasteiger partial charge in [0.1, 0.15) is 12.9 Å². The molecule has 2 amide bonds. The topological polar surface area (TPSA) is 149 Å². The number of aldehydes is 1. The lowest BCUT2D eigenvalue weighted by Crippen LogP contribution is -2.23. The highest BCUT2D eigenvalue weighted by Gasteiger charge is 2.06. The van der Waals surface area contributed by atoms with Crippen molar-refractivity contribution in [1.29, 1.82) is 0 Å². The van der Waals surface area contributed by atoms with Crippen LogP contribution >= 0.6 is 0 Å². The summed E-state index contributed by atoms with van der Waals surface area (Å²) >= 11 is 0. The largest absolute Gasteiger partial charge is 0.445 e. The van der Waals surface area contributed by atoms with Crippen LogP contribution in [0.1, 0.15) is 31.8 Å². The molecule has 0 saturated heterocycles. The first-order chi connectivity index (χ1) is 15.4. The second-order valence-electron chi connectivity index (χ2n) is 6.57. The minimum Gasteiger partial charge on any atom is -0.445 e. The molecule has 2 aromatic carbocycles. The van der Waals surface area contributed by atoms with Crippen molar-refractivity contribution < 1.29 is 19.1 Å². The van der Waals surface area contributed by atoms with Crippen LogP contribution in [0, 0.1) is 0 Å². The molecule has 0 spiro atoms. The number of aromatic nitrogens is 1. The zero-order valence-electron chi connectivity index (χ0n) is 17.6. The second kappa shape index (κ2) is 12.3. The summed E-state index contributed by atoms with van der Waals surface area (Å²) < 4.78 is 5.03. The first kappa shape index (κ1) is 23.9. The maximum absolute atomic E-state index is 11.6. The molecular weight excluding hydrogens is 410 g/mol. The van der Waals surface area contributed by atoms with Crippen molar-refractivity contribution in [1.82, 2.24) is 10.3 Å². The number of amides is 2. The number of ether oxygens (including phenoxy) is 1. The van der Waals surface area contributed by atoms with Crippen LogP contribution in [0.3, 0.4) is 0 Å². The molecule has 0 saturated carbocycles. The number of nitrogens with zero attached hydrogens (tertiary/aromatic N) is 1. The average Bonchev–Trinajstić information content (AvgIpc) is 2.82. The Labute approximate surface area is 185 Å². The van der Waals surface area contributed by atoms with Gasteiger partial charge in [-0.3, -0.25) is 14.6 Å². The molecule has 0 bridgehead atoms. The molecule has 166 valence electrons. The number of benzene rings is 2. The minimum absolute atomic E-state index is 0.0238. The molecule has 6 N–H and O–H groups in total. The molecule has 0 aliphatic rings. The minimum atomic E-state index is -0.603. The van der Waals surface area contributed by atoms with Crippen molar-refractivity contribution in [2.75, 3.05) is 18.1 Å². The van der Waals surface area contributed by atoms with Crippen LogP contribution in [0.15, 0.2) is 67.0 Å². The summed E-state index contributed by atoms with van der Waals surface area (Å²) in [7, 11) is 1.85. The third-order valence-electron chi connectivity index (χ3n) is 4.23. The van der Waals surface area contributed by atoms with Gasteiger partial charge in [0.05, 0.1) is 16.9 Å². The van der Waals surface area contributed by atoms with Crippen molar-refractivity contribution >= 4 is 29.7 Å². The van der Waals surface area contributed by atoms with Gasteiger partial charge in [0.15, 0.2) is 0 Å². The number of primary amides is 1. The van der Waals surface area contributed by atoms with E-state index >= 15 is 0 Å². The molecule has 9 nitrogen and oxygen atoms in total. The van der Waals surface area contributed by atoms with Crippen LogP contribution in [0.5, 0.6) is 0 Å². The fraction of sp³-hybridized carbons (Fsp3) is 0.130. The fourth-order valence-electron chi connectivity index (χ4n) is 2.51. The van der Waals surface area contributed by atoms with Gasteiger partial charge in [-0.25, -0.2) is 4.79 Å². The Hall–Kier alpha value is -4.40. The van der Waals surface area contributed by atoms with Crippen molar-refractivity contribution in [3.05, 3.63) is 89.2 Å². The lowest BCUT2D eigenvalue weighted by Gasteiger charge is -2.07. The van der Waals surface area contributed by atoms with Crippen molar-refractivity contribution in [3.8, 4) is 0 Å². The third-order valence-corrected chi connectivity index (χ3v) is 4.23. The van der Waals surface area contributed by atoms with Gasteiger partial charge in [-0.1, -0.05) is 36.4 Å². The number of nitrogens with two attached hydrogens (primary N) is 2. The van der Waals surface area contributed by atoms with Gasteiger partial charge in [-0.2, -0.15) is 0 Å². The van der Waals surface area contributed by atoms with Crippen LogP contribution in [0.4, 0.5) is 16.2 Å². The predicted molar refractivity (Wildman–Crippen MR) is 122 cm³/mol. The zero-order valence-corrected chi connectivity index (χ0v) is 17.6. The highest BCUT2D eigenvalue weighted by molar-refractivity contribution is 5.92. The van der Waals surface area contributed by atoms with Crippen LogP contribution in [-0.4, -0.2) is 30.3 Å². The van der Waals surface area contributed by atoms with Crippen LogP contribution in [0.2, 0.25) is 0 Å². The zero-order chi connectivity index (χ0) is 23.3. The molecule has 0 aliphatic heterocycles. The van der Waals surface area contributed by atoms with E-state index in [1.54, 1.807) is 24.3 Å². The van der Waals surface area contributed by atoms with E-state index in [1.165, 1.54) is 18.5 Å². The molecule has 32 heavy (non-hydrogen) atoms. The Bertz CT molecular complexity index is 1050. The average molecular weight is 435 g/mol. The first-order valence-electron chi connectivity index (χ1n) is 9.63. The summed E-state index contributed by atoms with van der Waals surface area (Å²) in [5.74, 6) is -0.595. The summed E-state index contributed by atoms with van der Waals surface area (Å²) in [6.07, 6.45) is 2.97. The summed E-state index contributed by atoms with van der Waals surface area (Å²) in [6.45, 7) is 0.252. The van der Waals surface area contributed by atoms with E-state index < -0.39 is 12.0 Å². The highest BCUT2D eigenvalue weighted by Crippen LogP contribution is 2.14. The molecule has 1 aromatic heterocycles. The third kappa shape index (κ3) is 7.79. The number of nitrogen functional groups attached to an aromatic ring is 1. The first-order valence-corrected chi connectivity index (χ1v) is 9.63. The molecule has 0 atom stereocenters. The van der Waals surface area contributed by atoms with E-state index in [0.717, 1.165) is 23.2 Å². The number of hydrogen-bond donors (Lipinski definition) is 4. The van der Waals surface area contributed by atoms with Gasteiger partial charge in [-0.05, 0) is 23.8 Å². The van der Waals surface area contributed by atoms with Crippen molar-refractivity contribution in [2.24, 2.45) is 5.73 Å². The molecular formula is C23H25N5O4. The fourth-order valence-corrected chi connectivity index (χ4v) is 2.51. The Kier molecular flexibility index (Phi) is 9.20. The molecule has 0 unspecified atom stereocenters. The van der Waals surface area contributed by atoms with E-state index in [1.807, 2.05) is 31.3 Å². The molecule has 3 rings (SSSR count). The number of para-hydroxylation sites is 2. The highest BCUT2D eigenvalue weighted by atomic mass is 16.5. The Balaban J connectivity index is 0.000000336. The quantitative estimate of drug-likeness (QED) is 0.329. The molecule has 0 radical (unpaired) electrons.